The molecule has 0 bridgehead atoms. The second-order valence-corrected chi connectivity index (χ2v) is 6.42. The van der Waals surface area contributed by atoms with Gasteiger partial charge in [-0.2, -0.15) is 4.37 Å². The minimum atomic E-state index is 0.715. The predicted octanol–water partition coefficient (Wildman–Crippen LogP) is 2.82. The van der Waals surface area contributed by atoms with Crippen LogP contribution in [0.4, 0.5) is 5.13 Å². The van der Waals surface area contributed by atoms with Crippen molar-refractivity contribution in [3.05, 3.63) is 35.7 Å². The van der Waals surface area contributed by atoms with E-state index in [1.165, 1.54) is 17.1 Å². The molecule has 3 rings (SSSR count). The summed E-state index contributed by atoms with van der Waals surface area (Å²) in [7, 11) is 0. The van der Waals surface area contributed by atoms with Gasteiger partial charge in [-0.3, -0.25) is 4.90 Å². The van der Waals surface area contributed by atoms with Gasteiger partial charge in [0.25, 0.3) is 0 Å². The fraction of sp³-hybridized carbons (Fsp3) is 0.529. The lowest BCUT2D eigenvalue weighted by molar-refractivity contribution is 0.249. The molecule has 1 aliphatic heterocycles. The lowest BCUT2D eigenvalue weighted by Gasteiger charge is -2.34. The summed E-state index contributed by atoms with van der Waals surface area (Å²) in [5.41, 5.74) is 1.34. The van der Waals surface area contributed by atoms with Crippen LogP contribution in [0, 0.1) is 0 Å². The number of piperazine rings is 1. The minimum Gasteiger partial charge on any atom is -0.494 e. The number of hydrogen-bond acceptors (Lipinski definition) is 6. The zero-order chi connectivity index (χ0) is 16.1. The summed E-state index contributed by atoms with van der Waals surface area (Å²) >= 11 is 1.52. The Morgan fingerprint density at radius 3 is 2.43 bits per heavy atom. The van der Waals surface area contributed by atoms with Crippen LogP contribution in [-0.2, 0) is 13.0 Å². The maximum atomic E-state index is 5.49. The van der Waals surface area contributed by atoms with Crippen LogP contribution in [0.25, 0.3) is 0 Å². The molecule has 0 saturated carbocycles. The molecule has 0 N–H and O–H groups in total. The number of nitrogens with zero attached hydrogens (tertiary/aromatic N) is 4. The van der Waals surface area contributed by atoms with Gasteiger partial charge in [0.05, 0.1) is 6.61 Å². The van der Waals surface area contributed by atoms with E-state index in [1.54, 1.807) is 0 Å². The molecule has 1 aromatic carbocycles. The smallest absolute Gasteiger partial charge is 0.205 e. The number of aromatic nitrogens is 2. The van der Waals surface area contributed by atoms with Gasteiger partial charge in [-0.25, -0.2) is 4.98 Å². The first-order valence-corrected chi connectivity index (χ1v) is 9.07. The highest BCUT2D eigenvalue weighted by atomic mass is 32.1. The summed E-state index contributed by atoms with van der Waals surface area (Å²) < 4.78 is 9.88. The zero-order valence-corrected chi connectivity index (χ0v) is 14.7. The van der Waals surface area contributed by atoms with Crippen molar-refractivity contribution in [2.75, 3.05) is 37.7 Å². The second kappa shape index (κ2) is 7.75. The van der Waals surface area contributed by atoms with Crippen LogP contribution < -0.4 is 9.64 Å². The fourth-order valence-electron chi connectivity index (χ4n) is 2.73. The number of ether oxygens (including phenoxy) is 1. The van der Waals surface area contributed by atoms with E-state index in [9.17, 15) is 0 Å². The Labute approximate surface area is 142 Å². The molecule has 0 atom stereocenters. The van der Waals surface area contributed by atoms with E-state index in [4.69, 9.17) is 4.74 Å². The van der Waals surface area contributed by atoms with Gasteiger partial charge in [0.2, 0.25) is 5.13 Å². The number of rotatable bonds is 6. The lowest BCUT2D eigenvalue weighted by atomic mass is 10.2. The van der Waals surface area contributed by atoms with Crippen LogP contribution in [0.5, 0.6) is 5.75 Å². The molecular formula is C17H24N4OS. The molecule has 6 heteroatoms. The van der Waals surface area contributed by atoms with Crippen LogP contribution >= 0.6 is 11.5 Å². The van der Waals surface area contributed by atoms with Crippen molar-refractivity contribution in [1.82, 2.24) is 14.3 Å². The molecule has 0 spiro atoms. The largest absolute Gasteiger partial charge is 0.494 e. The van der Waals surface area contributed by atoms with Crippen molar-refractivity contribution in [2.24, 2.45) is 0 Å². The van der Waals surface area contributed by atoms with Gasteiger partial charge in [-0.15, -0.1) is 0 Å². The Morgan fingerprint density at radius 2 is 1.83 bits per heavy atom. The fourth-order valence-corrected chi connectivity index (χ4v) is 3.53. The van der Waals surface area contributed by atoms with Gasteiger partial charge in [-0.1, -0.05) is 19.1 Å². The number of anilines is 1. The first-order valence-electron chi connectivity index (χ1n) is 8.30. The standard InChI is InChI=1S/C17H24N4OS/c1-3-16-18-17(23-19-16)21-11-9-20(10-12-21)13-14-5-7-15(8-6-14)22-4-2/h5-8H,3-4,9-13H2,1-2H3. The molecule has 0 unspecified atom stereocenters. The summed E-state index contributed by atoms with van der Waals surface area (Å²) in [6, 6.07) is 8.44. The molecule has 1 aromatic heterocycles. The minimum absolute atomic E-state index is 0.715. The topological polar surface area (TPSA) is 41.5 Å². The van der Waals surface area contributed by atoms with E-state index in [2.05, 4.69) is 50.3 Å². The van der Waals surface area contributed by atoms with Crippen molar-refractivity contribution in [1.29, 1.82) is 0 Å². The van der Waals surface area contributed by atoms with Crippen LogP contribution in [0.2, 0.25) is 0 Å². The maximum absolute atomic E-state index is 5.49. The SMILES string of the molecule is CCOc1ccc(CN2CCN(c3nc(CC)ns3)CC2)cc1. The van der Waals surface area contributed by atoms with Crippen molar-refractivity contribution in [2.45, 2.75) is 26.8 Å². The molecule has 124 valence electrons. The molecule has 1 saturated heterocycles. The molecule has 2 heterocycles. The third-order valence-corrected chi connectivity index (χ3v) is 4.87. The summed E-state index contributed by atoms with van der Waals surface area (Å²) in [5.74, 6) is 1.91. The average Bonchev–Trinajstić information content (AvgIpc) is 3.07. The highest BCUT2D eigenvalue weighted by Gasteiger charge is 2.19. The Bertz CT molecular complexity index is 605. The summed E-state index contributed by atoms with van der Waals surface area (Å²) in [6.07, 6.45) is 0.911. The Balaban J connectivity index is 1.50. The molecule has 1 fully saturated rings. The van der Waals surface area contributed by atoms with Crippen molar-refractivity contribution in [3.8, 4) is 5.75 Å². The number of benzene rings is 1. The van der Waals surface area contributed by atoms with Crippen molar-refractivity contribution in [3.63, 3.8) is 0 Å². The van der Waals surface area contributed by atoms with Gasteiger partial charge in [0.1, 0.15) is 11.6 Å². The van der Waals surface area contributed by atoms with Crippen molar-refractivity contribution < 1.29 is 4.74 Å². The molecule has 0 aliphatic carbocycles. The van der Waals surface area contributed by atoms with Crippen LogP contribution in [-0.4, -0.2) is 47.0 Å². The quantitative estimate of drug-likeness (QED) is 0.814. The highest BCUT2D eigenvalue weighted by molar-refractivity contribution is 7.09. The number of hydrogen-bond donors (Lipinski definition) is 0. The van der Waals surface area contributed by atoms with Gasteiger partial charge in [-0.05, 0) is 24.6 Å². The molecule has 23 heavy (non-hydrogen) atoms. The molecule has 0 radical (unpaired) electrons. The third kappa shape index (κ3) is 4.20. The van der Waals surface area contributed by atoms with E-state index >= 15 is 0 Å². The Morgan fingerprint density at radius 1 is 1.09 bits per heavy atom. The van der Waals surface area contributed by atoms with E-state index in [-0.39, 0.29) is 0 Å². The van der Waals surface area contributed by atoms with Crippen LogP contribution in [0.15, 0.2) is 24.3 Å². The summed E-state index contributed by atoms with van der Waals surface area (Å²) in [5, 5.41) is 1.07. The summed E-state index contributed by atoms with van der Waals surface area (Å²) in [6.45, 7) is 9.99. The molecule has 2 aromatic rings. The zero-order valence-electron chi connectivity index (χ0n) is 13.9. The average molecular weight is 332 g/mol. The van der Waals surface area contributed by atoms with E-state index in [0.29, 0.717) is 6.61 Å². The van der Waals surface area contributed by atoms with Gasteiger partial charge >= 0.3 is 0 Å². The monoisotopic (exact) mass is 332 g/mol. The van der Waals surface area contributed by atoms with Crippen LogP contribution in [0.1, 0.15) is 25.2 Å². The van der Waals surface area contributed by atoms with Gasteiger partial charge in [0.15, 0.2) is 0 Å². The summed E-state index contributed by atoms with van der Waals surface area (Å²) in [4.78, 5) is 9.44. The Hall–Kier alpha value is -1.66. The van der Waals surface area contributed by atoms with Gasteiger partial charge in [0, 0.05) is 50.7 Å². The lowest BCUT2D eigenvalue weighted by Crippen LogP contribution is -2.45. The van der Waals surface area contributed by atoms with Gasteiger partial charge < -0.3 is 9.64 Å². The van der Waals surface area contributed by atoms with E-state index < -0.39 is 0 Å². The Kier molecular flexibility index (Phi) is 5.46. The molecular weight excluding hydrogens is 308 g/mol. The van der Waals surface area contributed by atoms with E-state index in [1.807, 2.05) is 6.92 Å². The molecule has 0 amide bonds. The first-order chi connectivity index (χ1) is 11.3. The predicted molar refractivity (Wildman–Crippen MR) is 94.4 cm³/mol. The first kappa shape index (κ1) is 16.2. The highest BCUT2D eigenvalue weighted by Crippen LogP contribution is 2.20. The maximum Gasteiger partial charge on any atom is 0.205 e. The molecule has 5 nitrogen and oxygen atoms in total. The second-order valence-electron chi connectivity index (χ2n) is 5.69. The van der Waals surface area contributed by atoms with Crippen molar-refractivity contribution >= 4 is 16.7 Å². The third-order valence-electron chi connectivity index (χ3n) is 4.06. The van der Waals surface area contributed by atoms with E-state index in [0.717, 1.165) is 55.9 Å². The molecule has 1 aliphatic rings. The normalized spacial score (nSPS) is 15.8. The van der Waals surface area contributed by atoms with Crippen LogP contribution in [0.3, 0.4) is 0 Å². The number of aryl methyl sites for hydroxylation is 1.